The van der Waals surface area contributed by atoms with Crippen LogP contribution in [0.1, 0.15) is 26.3 Å². The second-order valence-electron chi connectivity index (χ2n) is 15.3. The average molecular weight is 909 g/mol. The summed E-state index contributed by atoms with van der Waals surface area (Å²) in [5.74, 6) is 2.93. The zero-order chi connectivity index (χ0) is 37.6. The van der Waals surface area contributed by atoms with Gasteiger partial charge in [0.1, 0.15) is 11.3 Å². The third-order valence-electron chi connectivity index (χ3n) is 10.9. The van der Waals surface area contributed by atoms with Gasteiger partial charge in [-0.3, -0.25) is 4.57 Å². The Hall–Kier alpha value is -6.23. The molecule has 0 amide bonds. The molecular formula is C49H39N5OPt. The first-order valence-corrected chi connectivity index (χ1v) is 18.5. The molecule has 0 saturated heterocycles. The van der Waals surface area contributed by atoms with Crippen LogP contribution < -0.4 is 19.1 Å². The van der Waals surface area contributed by atoms with E-state index in [-0.39, 0.29) is 26.5 Å². The summed E-state index contributed by atoms with van der Waals surface area (Å²) in [5.41, 5.74) is 9.28. The van der Waals surface area contributed by atoms with Gasteiger partial charge in [-0.1, -0.05) is 129 Å². The molecule has 56 heavy (non-hydrogen) atoms. The van der Waals surface area contributed by atoms with Crippen molar-refractivity contribution in [3.63, 3.8) is 0 Å². The van der Waals surface area contributed by atoms with Crippen LogP contribution in [0.4, 0.5) is 17.1 Å². The monoisotopic (exact) mass is 908 g/mol. The van der Waals surface area contributed by atoms with Gasteiger partial charge in [-0.05, 0) is 60.4 Å². The Labute approximate surface area is 341 Å². The summed E-state index contributed by atoms with van der Waals surface area (Å²) >= 11 is 0. The van der Waals surface area contributed by atoms with Crippen LogP contribution in [0.25, 0.3) is 55.1 Å². The molecule has 0 saturated carbocycles. The summed E-state index contributed by atoms with van der Waals surface area (Å²) in [6, 6.07) is 54.0. The van der Waals surface area contributed by atoms with E-state index >= 15 is 0 Å². The Balaban J connectivity index is 0.00000410. The Morgan fingerprint density at radius 3 is 1.89 bits per heavy atom. The predicted molar refractivity (Wildman–Crippen MR) is 225 cm³/mol. The first kappa shape index (κ1) is 35.5. The molecule has 0 spiro atoms. The maximum absolute atomic E-state index is 6.86. The van der Waals surface area contributed by atoms with E-state index in [4.69, 9.17) is 4.74 Å². The first-order chi connectivity index (χ1) is 26.7. The Kier molecular flexibility index (Phi) is 8.37. The van der Waals surface area contributed by atoms with E-state index in [0.29, 0.717) is 11.5 Å². The molecule has 0 N–H and O–H groups in total. The van der Waals surface area contributed by atoms with Gasteiger partial charge in [-0.2, -0.15) is 6.07 Å². The molecule has 6 nitrogen and oxygen atoms in total. The molecule has 0 fully saturated rings. The van der Waals surface area contributed by atoms with Gasteiger partial charge in [-0.25, -0.2) is 0 Å². The zero-order valence-corrected chi connectivity index (χ0v) is 33.9. The number of pyridine rings is 1. The average Bonchev–Trinajstić information content (AvgIpc) is 3.79. The molecule has 10 rings (SSSR count). The van der Waals surface area contributed by atoms with E-state index in [1.807, 2.05) is 23.9 Å². The molecule has 7 heteroatoms. The summed E-state index contributed by atoms with van der Waals surface area (Å²) < 4.78 is 13.3. The molecule has 1 aliphatic rings. The molecule has 6 aromatic carbocycles. The van der Waals surface area contributed by atoms with Crippen molar-refractivity contribution < 1.29 is 30.4 Å². The number of aromatic nitrogens is 3. The van der Waals surface area contributed by atoms with Gasteiger partial charge in [0, 0.05) is 34.8 Å². The predicted octanol–water partition coefficient (Wildman–Crippen LogP) is 11.6. The fourth-order valence-corrected chi connectivity index (χ4v) is 8.12. The van der Waals surface area contributed by atoms with Gasteiger partial charge in [-0.15, -0.1) is 24.3 Å². The van der Waals surface area contributed by atoms with Crippen LogP contribution in [-0.2, 0) is 26.5 Å². The second-order valence-corrected chi connectivity index (χ2v) is 15.3. The topological polar surface area (TPSA) is 29.4 Å². The van der Waals surface area contributed by atoms with Crippen molar-refractivity contribution in [2.75, 3.05) is 16.8 Å². The van der Waals surface area contributed by atoms with Gasteiger partial charge in [0.15, 0.2) is 5.82 Å². The van der Waals surface area contributed by atoms with E-state index in [2.05, 4.69) is 193 Å². The number of benzene rings is 6. The molecule has 276 valence electrons. The standard InChI is InChI=1S/C49H39N5O.Pt/c1-32-51(6)45-21-13-14-22-46(45)52(32)34-28-35(53-42-18-10-7-15-38(42)39-16-8-11-19-43(39)53)30-37(29-34)55-36-23-24-41-40-17-9-12-20-44(40)54(47(41)31-36)48-27-33(49(2,3)4)25-26-50(48)5;/h7-28,30H,1,5H2,2-4,6H3;/q-2;+2. The normalized spacial score (nSPS) is 12.9. The molecule has 0 unspecified atom stereocenters. The van der Waals surface area contributed by atoms with Crippen molar-refractivity contribution in [3.8, 4) is 23.0 Å². The minimum atomic E-state index is -0.0371. The van der Waals surface area contributed by atoms with Crippen molar-refractivity contribution in [1.29, 1.82) is 0 Å². The third kappa shape index (κ3) is 5.50. The summed E-state index contributed by atoms with van der Waals surface area (Å²) in [6.07, 6.45) is 2.04. The largest absolute Gasteiger partial charge is 2.00 e. The van der Waals surface area contributed by atoms with Crippen LogP contribution in [0.15, 0.2) is 152 Å². The fraction of sp³-hybridized carbons (Fsp3) is 0.102. The molecule has 1 aliphatic heterocycles. The number of ether oxygens (including phenoxy) is 1. The van der Waals surface area contributed by atoms with Crippen molar-refractivity contribution >= 4 is 60.7 Å². The smallest absolute Gasteiger partial charge is 0.509 e. The number of rotatable bonds is 5. The van der Waals surface area contributed by atoms with Crippen molar-refractivity contribution in [2.45, 2.75) is 26.2 Å². The summed E-state index contributed by atoms with van der Waals surface area (Å²) in [7, 11) is 6.43. The number of fused-ring (bicyclic) bond motifs is 7. The molecular weight excluding hydrogens is 870 g/mol. The molecule has 0 aliphatic carbocycles. The third-order valence-corrected chi connectivity index (χ3v) is 10.9. The first-order valence-electron chi connectivity index (χ1n) is 18.5. The van der Waals surface area contributed by atoms with Crippen LogP contribution in [0.5, 0.6) is 11.5 Å². The Bertz CT molecular complexity index is 2970. The second kappa shape index (κ2) is 13.2. The molecule has 0 bridgehead atoms. The molecule has 4 heterocycles. The van der Waals surface area contributed by atoms with Gasteiger partial charge in [0.25, 0.3) is 0 Å². The van der Waals surface area contributed by atoms with Crippen LogP contribution in [0.3, 0.4) is 0 Å². The molecule has 0 radical (unpaired) electrons. The van der Waals surface area contributed by atoms with Crippen molar-refractivity contribution in [1.82, 2.24) is 9.13 Å². The number of para-hydroxylation sites is 5. The minimum Gasteiger partial charge on any atom is -0.509 e. The Morgan fingerprint density at radius 2 is 1.23 bits per heavy atom. The van der Waals surface area contributed by atoms with E-state index in [9.17, 15) is 0 Å². The summed E-state index contributed by atoms with van der Waals surface area (Å²) in [4.78, 5) is 4.26. The quantitative estimate of drug-likeness (QED) is 0.127. The Morgan fingerprint density at radius 1 is 0.643 bits per heavy atom. The number of nitrogens with zero attached hydrogens (tertiary/aromatic N) is 5. The van der Waals surface area contributed by atoms with E-state index in [0.717, 1.165) is 67.2 Å². The minimum absolute atomic E-state index is 0. The molecule has 9 aromatic rings. The van der Waals surface area contributed by atoms with E-state index in [1.54, 1.807) is 0 Å². The fourth-order valence-electron chi connectivity index (χ4n) is 8.12. The van der Waals surface area contributed by atoms with Crippen LogP contribution in [0.2, 0.25) is 0 Å². The molecule has 0 atom stereocenters. The van der Waals surface area contributed by atoms with Crippen LogP contribution in [0, 0.1) is 19.2 Å². The van der Waals surface area contributed by atoms with Gasteiger partial charge >= 0.3 is 21.1 Å². The number of anilines is 3. The zero-order valence-electron chi connectivity index (χ0n) is 31.7. The van der Waals surface area contributed by atoms with Crippen LogP contribution in [-0.4, -0.2) is 16.2 Å². The molecule has 3 aromatic heterocycles. The summed E-state index contributed by atoms with van der Waals surface area (Å²) in [5, 5.41) is 4.60. The van der Waals surface area contributed by atoms with Gasteiger partial charge in [0.05, 0.1) is 22.4 Å². The van der Waals surface area contributed by atoms with Crippen molar-refractivity contribution in [3.05, 3.63) is 177 Å². The van der Waals surface area contributed by atoms with Crippen molar-refractivity contribution in [2.24, 2.45) is 0 Å². The van der Waals surface area contributed by atoms with E-state index in [1.165, 1.54) is 16.3 Å². The van der Waals surface area contributed by atoms with Gasteiger partial charge in [0.2, 0.25) is 0 Å². The summed E-state index contributed by atoms with van der Waals surface area (Å²) in [6.45, 7) is 11.2. The maximum atomic E-state index is 6.86. The van der Waals surface area contributed by atoms with E-state index < -0.39 is 0 Å². The number of hydrogen-bond donors (Lipinski definition) is 0. The number of hydrogen-bond acceptors (Lipinski definition) is 3. The SMILES string of the molecule is C=C1N(C)c2ccccc2N1c1[c-]c(Oc2[c-]c3c(cc2)c2ccccc2n3-c2cc(C(C)(C)C)cc[n+]2[CH2-])cc(-n2c3ccccc3c3ccccc32)c1.[Pt+2]. The maximum Gasteiger partial charge on any atom is 2.00 e. The van der Waals surface area contributed by atoms with Gasteiger partial charge < -0.3 is 23.7 Å². The van der Waals surface area contributed by atoms with Crippen LogP contribution >= 0.6 is 0 Å².